The summed E-state index contributed by atoms with van der Waals surface area (Å²) >= 11 is 0. The van der Waals surface area contributed by atoms with E-state index >= 15 is 0 Å². The number of aromatic nitrogens is 2. The Morgan fingerprint density at radius 3 is 2.52 bits per heavy atom. The summed E-state index contributed by atoms with van der Waals surface area (Å²) in [6, 6.07) is 30.9. The van der Waals surface area contributed by atoms with E-state index in [0.717, 1.165) is 33.3 Å². The van der Waals surface area contributed by atoms with Crippen LogP contribution in [-0.4, -0.2) is 21.5 Å². The monoisotopic (exact) mass is 613 g/mol. The van der Waals surface area contributed by atoms with E-state index in [1.54, 1.807) is 6.20 Å². The van der Waals surface area contributed by atoms with E-state index in [0.29, 0.717) is 11.5 Å². The van der Waals surface area contributed by atoms with Crippen molar-refractivity contribution < 1.29 is 27.2 Å². The van der Waals surface area contributed by atoms with Crippen molar-refractivity contribution >= 4 is 27.5 Å². The van der Waals surface area contributed by atoms with Gasteiger partial charge in [0.05, 0.1) is 0 Å². The zero-order valence-corrected chi connectivity index (χ0v) is 20.0. The molecule has 0 saturated carbocycles. The normalized spacial score (nSPS) is 13.0. The van der Waals surface area contributed by atoms with Crippen LogP contribution < -0.4 is 9.64 Å². The van der Waals surface area contributed by atoms with Crippen LogP contribution in [0, 0.1) is 18.8 Å². The number of hydrogen-bond donors (Lipinski definition) is 0. The quantitative estimate of drug-likeness (QED) is 0.228. The maximum absolute atomic E-state index is 6.18. The summed E-state index contributed by atoms with van der Waals surface area (Å²) in [5.41, 5.74) is 2.92. The molecule has 0 bridgehead atoms. The fourth-order valence-corrected chi connectivity index (χ4v) is 4.02. The van der Waals surface area contributed by atoms with Crippen molar-refractivity contribution in [3.8, 4) is 17.3 Å². The van der Waals surface area contributed by atoms with E-state index in [9.17, 15) is 0 Å². The van der Waals surface area contributed by atoms with Crippen LogP contribution in [0.1, 0.15) is 1.43 Å². The first-order chi connectivity index (χ1) is 15.8. The molecule has 0 atom stereocenters. The molecule has 3 heterocycles. The van der Waals surface area contributed by atoms with Gasteiger partial charge in [-0.2, -0.15) is 18.8 Å². The van der Waals surface area contributed by atoms with Crippen LogP contribution in [-0.2, 0) is 21.1 Å². The van der Waals surface area contributed by atoms with Gasteiger partial charge < -0.3 is 19.1 Å². The molecule has 6 heteroatoms. The number of ether oxygens (including phenoxy) is 1. The van der Waals surface area contributed by atoms with Crippen LogP contribution in [0.4, 0.5) is 5.69 Å². The number of anilines is 1. The molecular formula is C27H21N4OPt-3. The molecule has 0 radical (unpaired) electrons. The number of rotatable bonds is 4. The molecule has 0 N–H and O–H groups in total. The van der Waals surface area contributed by atoms with Gasteiger partial charge in [0, 0.05) is 45.7 Å². The summed E-state index contributed by atoms with van der Waals surface area (Å²) in [4.78, 5) is 8.56. The average Bonchev–Trinajstić information content (AvgIpc) is 3.41. The molecule has 2 aromatic heterocycles. The second kappa shape index (κ2) is 8.76. The zero-order chi connectivity index (χ0) is 21.5. The van der Waals surface area contributed by atoms with E-state index in [1.807, 2.05) is 84.4 Å². The van der Waals surface area contributed by atoms with E-state index in [4.69, 9.17) is 4.74 Å². The number of fused-ring (bicyclic) bond motifs is 3. The number of benzene rings is 3. The van der Waals surface area contributed by atoms with Crippen molar-refractivity contribution in [3.63, 3.8) is 0 Å². The molecule has 1 aliphatic heterocycles. The summed E-state index contributed by atoms with van der Waals surface area (Å²) in [5, 5.41) is 2.26. The Labute approximate surface area is 208 Å². The first-order valence-corrected chi connectivity index (χ1v) is 10.4. The van der Waals surface area contributed by atoms with Gasteiger partial charge in [-0.15, -0.1) is 41.4 Å². The second-order valence-corrected chi connectivity index (χ2v) is 7.61. The van der Waals surface area contributed by atoms with Gasteiger partial charge in [0.15, 0.2) is 0 Å². The summed E-state index contributed by atoms with van der Waals surface area (Å²) in [5.74, 6) is 2.11. The maximum Gasteiger partial charge on any atom is 0.135 e. The molecule has 5 aromatic rings. The molecule has 0 unspecified atom stereocenters. The summed E-state index contributed by atoms with van der Waals surface area (Å²) in [7, 11) is 1.99. The molecule has 168 valence electrons. The number of hydrogen-bond acceptors (Lipinski definition) is 4. The van der Waals surface area contributed by atoms with Gasteiger partial charge in [-0.05, 0) is 43.0 Å². The van der Waals surface area contributed by atoms with Crippen LogP contribution in [0.15, 0.2) is 91.4 Å². The SMILES string of the molecule is CN1C=CN(c2[c-]c(Oc3[c-]c4c(cc3)c3ccccc3n4-c3ccccn3)ccc2)[CH-]1.[2HH].[Pt]. The second-order valence-electron chi connectivity index (χ2n) is 7.61. The Morgan fingerprint density at radius 2 is 1.70 bits per heavy atom. The minimum absolute atomic E-state index is 0. The van der Waals surface area contributed by atoms with Crippen LogP contribution in [0.3, 0.4) is 0 Å². The molecule has 1 aliphatic rings. The van der Waals surface area contributed by atoms with E-state index < -0.39 is 0 Å². The molecule has 6 rings (SSSR count). The third-order valence-electron chi connectivity index (χ3n) is 5.46. The standard InChI is InChI=1S/C27H19N4O.Pt.H2/c1-29-15-16-30(19-29)20-7-6-8-21(17-20)32-22-12-13-24-23-9-2-3-10-25(23)31(26(24)18-22)27-11-4-5-14-28-27;;/h2-16,19H,1H3;;1H/q-3;;/i;;1+1. The zero-order valence-electron chi connectivity index (χ0n) is 17.8. The first-order valence-electron chi connectivity index (χ1n) is 10.4. The van der Waals surface area contributed by atoms with Crippen molar-refractivity contribution in [3.05, 3.63) is 110 Å². The van der Waals surface area contributed by atoms with E-state index in [1.165, 1.54) is 0 Å². The van der Waals surface area contributed by atoms with Crippen molar-refractivity contribution in [2.24, 2.45) is 0 Å². The molecular weight excluding hydrogens is 591 g/mol. The molecule has 0 saturated heterocycles. The maximum atomic E-state index is 6.18. The molecule has 0 fully saturated rings. The summed E-state index contributed by atoms with van der Waals surface area (Å²) in [6.45, 7) is 1.99. The van der Waals surface area contributed by atoms with Crippen LogP contribution in [0.5, 0.6) is 11.5 Å². The van der Waals surface area contributed by atoms with Crippen LogP contribution in [0.2, 0.25) is 0 Å². The Morgan fingerprint density at radius 1 is 0.848 bits per heavy atom. The van der Waals surface area contributed by atoms with Gasteiger partial charge in [-0.3, -0.25) is 0 Å². The van der Waals surface area contributed by atoms with Gasteiger partial charge in [0.1, 0.15) is 5.82 Å². The van der Waals surface area contributed by atoms with Crippen molar-refractivity contribution in [2.75, 3.05) is 11.9 Å². The Balaban J connectivity index is 0.00000137. The Kier molecular flexibility index (Phi) is 5.65. The molecule has 0 aliphatic carbocycles. The van der Waals surface area contributed by atoms with E-state index in [2.05, 4.69) is 45.9 Å². The minimum atomic E-state index is 0. The molecule has 3 aromatic carbocycles. The topological polar surface area (TPSA) is 33.5 Å². The largest absolute Gasteiger partial charge is 0.510 e. The van der Waals surface area contributed by atoms with Crippen molar-refractivity contribution in [1.29, 1.82) is 0 Å². The minimum Gasteiger partial charge on any atom is -0.510 e. The number of nitrogens with zero attached hydrogens (tertiary/aromatic N) is 4. The van der Waals surface area contributed by atoms with Gasteiger partial charge in [-0.25, -0.2) is 4.98 Å². The molecule has 0 amide bonds. The van der Waals surface area contributed by atoms with Gasteiger partial charge in [-0.1, -0.05) is 29.8 Å². The third kappa shape index (κ3) is 3.90. The van der Waals surface area contributed by atoms with Gasteiger partial charge in [0.2, 0.25) is 0 Å². The smallest absolute Gasteiger partial charge is 0.135 e. The molecule has 0 spiro atoms. The average molecular weight is 614 g/mol. The predicted octanol–water partition coefficient (Wildman–Crippen LogP) is 6.16. The van der Waals surface area contributed by atoms with Crippen molar-refractivity contribution in [2.45, 2.75) is 0 Å². The first kappa shape index (κ1) is 21.3. The number of pyridine rings is 1. The van der Waals surface area contributed by atoms with Gasteiger partial charge >= 0.3 is 0 Å². The molecule has 33 heavy (non-hydrogen) atoms. The fourth-order valence-electron chi connectivity index (χ4n) is 4.02. The predicted molar refractivity (Wildman–Crippen MR) is 129 cm³/mol. The van der Waals surface area contributed by atoms with Crippen LogP contribution in [0.25, 0.3) is 27.6 Å². The third-order valence-corrected chi connectivity index (χ3v) is 5.46. The van der Waals surface area contributed by atoms with Gasteiger partial charge in [0.25, 0.3) is 0 Å². The Hall–Kier alpha value is -3.56. The van der Waals surface area contributed by atoms with E-state index in [-0.39, 0.29) is 22.5 Å². The molecule has 5 nitrogen and oxygen atoms in total. The van der Waals surface area contributed by atoms with Crippen molar-refractivity contribution in [1.82, 2.24) is 14.5 Å². The van der Waals surface area contributed by atoms with Crippen LogP contribution >= 0.6 is 0 Å². The number of para-hydroxylation sites is 1. The summed E-state index contributed by atoms with van der Waals surface area (Å²) in [6.07, 6.45) is 5.77. The Bertz CT molecular complexity index is 1470. The summed E-state index contributed by atoms with van der Waals surface area (Å²) < 4.78 is 8.30. The fraction of sp³-hybridized carbons (Fsp3) is 0.0370.